The first-order chi connectivity index (χ1) is 10.00. The van der Waals surface area contributed by atoms with Crippen LogP contribution in [0.2, 0.25) is 0 Å². The van der Waals surface area contributed by atoms with Crippen molar-refractivity contribution in [3.05, 3.63) is 59.2 Å². The highest BCUT2D eigenvalue weighted by Gasteiger charge is 2.48. The van der Waals surface area contributed by atoms with Crippen LogP contribution >= 0.6 is 12.2 Å². The van der Waals surface area contributed by atoms with Gasteiger partial charge in [-0.05, 0) is 17.2 Å². The quantitative estimate of drug-likeness (QED) is 0.837. The molecule has 21 heavy (non-hydrogen) atoms. The molecule has 1 unspecified atom stereocenters. The molecule has 2 N–H and O–H groups in total. The molecule has 1 atom stereocenters. The van der Waals surface area contributed by atoms with Crippen LogP contribution in [0.3, 0.4) is 0 Å². The SMILES string of the molecule is CNC(=S)c1ccc2c(c1)-c1ccccc1C2(O)C(F)F. The summed E-state index contributed by atoms with van der Waals surface area (Å²) in [6.45, 7) is 0. The lowest BCUT2D eigenvalue weighted by Gasteiger charge is -2.24. The van der Waals surface area contributed by atoms with E-state index in [-0.39, 0.29) is 11.1 Å². The van der Waals surface area contributed by atoms with Gasteiger partial charge in [-0.1, -0.05) is 48.6 Å². The minimum atomic E-state index is -2.90. The number of thiocarbonyl (C=S) groups is 1. The molecule has 0 aromatic heterocycles. The molecule has 108 valence electrons. The van der Waals surface area contributed by atoms with Crippen LogP contribution in [0.5, 0.6) is 0 Å². The van der Waals surface area contributed by atoms with E-state index in [1.807, 2.05) is 0 Å². The van der Waals surface area contributed by atoms with Gasteiger partial charge in [0, 0.05) is 23.7 Å². The van der Waals surface area contributed by atoms with Crippen LogP contribution in [0.4, 0.5) is 8.78 Å². The van der Waals surface area contributed by atoms with Crippen molar-refractivity contribution in [3.63, 3.8) is 0 Å². The normalized spacial score (nSPS) is 19.3. The highest BCUT2D eigenvalue weighted by molar-refractivity contribution is 7.80. The maximum absolute atomic E-state index is 13.5. The Labute approximate surface area is 126 Å². The molecular weight excluding hydrogens is 292 g/mol. The standard InChI is InChI=1S/C16H13F2NOS/c1-19-14(21)9-6-7-13-11(8-9)10-4-2-3-5-12(10)16(13,20)15(17)18/h2-8,15,20H,1H3,(H,19,21). The van der Waals surface area contributed by atoms with Crippen LogP contribution in [-0.2, 0) is 5.60 Å². The lowest BCUT2D eigenvalue weighted by molar-refractivity contribution is -0.0688. The van der Waals surface area contributed by atoms with Gasteiger partial charge >= 0.3 is 0 Å². The van der Waals surface area contributed by atoms with Gasteiger partial charge < -0.3 is 10.4 Å². The van der Waals surface area contributed by atoms with Crippen molar-refractivity contribution < 1.29 is 13.9 Å². The average molecular weight is 305 g/mol. The van der Waals surface area contributed by atoms with Crippen LogP contribution in [0, 0.1) is 0 Å². The summed E-state index contributed by atoms with van der Waals surface area (Å²) in [5.74, 6) is 0. The second-order valence-electron chi connectivity index (χ2n) is 4.95. The van der Waals surface area contributed by atoms with Crippen LogP contribution < -0.4 is 5.32 Å². The summed E-state index contributed by atoms with van der Waals surface area (Å²) in [5, 5.41) is 13.4. The molecule has 0 fully saturated rings. The number of fused-ring (bicyclic) bond motifs is 3. The Bertz CT molecular complexity index is 732. The van der Waals surface area contributed by atoms with Crippen molar-refractivity contribution in [2.24, 2.45) is 0 Å². The number of hydrogen-bond acceptors (Lipinski definition) is 2. The number of rotatable bonds is 2. The first kappa shape index (κ1) is 14.1. The highest BCUT2D eigenvalue weighted by Crippen LogP contribution is 2.50. The van der Waals surface area contributed by atoms with Crippen molar-refractivity contribution in [3.8, 4) is 11.1 Å². The van der Waals surface area contributed by atoms with E-state index in [2.05, 4.69) is 5.32 Å². The van der Waals surface area contributed by atoms with E-state index < -0.39 is 12.0 Å². The van der Waals surface area contributed by atoms with Crippen molar-refractivity contribution in [2.45, 2.75) is 12.0 Å². The Morgan fingerprint density at radius 3 is 2.48 bits per heavy atom. The smallest absolute Gasteiger partial charge is 0.275 e. The second kappa shape index (κ2) is 4.86. The first-order valence-electron chi connectivity index (χ1n) is 6.47. The van der Waals surface area contributed by atoms with Crippen LogP contribution in [0.15, 0.2) is 42.5 Å². The van der Waals surface area contributed by atoms with Crippen molar-refractivity contribution in [2.75, 3.05) is 7.05 Å². The number of benzene rings is 2. The fourth-order valence-corrected chi connectivity index (χ4v) is 2.94. The predicted octanol–water partition coefficient (Wildman–Crippen LogP) is 3.06. The number of nitrogens with one attached hydrogen (secondary N) is 1. The molecule has 3 rings (SSSR count). The number of halogens is 2. The van der Waals surface area contributed by atoms with Gasteiger partial charge in [0.25, 0.3) is 6.43 Å². The van der Waals surface area contributed by atoms with Crippen molar-refractivity contribution in [1.29, 1.82) is 0 Å². The molecule has 0 aliphatic heterocycles. The molecule has 2 aromatic carbocycles. The van der Waals surface area contributed by atoms with E-state index in [1.165, 1.54) is 12.1 Å². The van der Waals surface area contributed by atoms with Gasteiger partial charge in [0.15, 0.2) is 5.60 Å². The van der Waals surface area contributed by atoms with Crippen molar-refractivity contribution >= 4 is 17.2 Å². The Kier molecular flexibility index (Phi) is 3.26. The molecule has 1 aliphatic carbocycles. The van der Waals surface area contributed by atoms with E-state index in [0.29, 0.717) is 16.1 Å². The summed E-state index contributed by atoms with van der Waals surface area (Å²) < 4.78 is 27.0. The molecule has 1 aliphatic rings. The maximum Gasteiger partial charge on any atom is 0.275 e. The minimum absolute atomic E-state index is 0.223. The summed E-state index contributed by atoms with van der Waals surface area (Å²) in [6.07, 6.45) is -2.90. The Morgan fingerprint density at radius 2 is 1.81 bits per heavy atom. The summed E-state index contributed by atoms with van der Waals surface area (Å²) in [5.41, 5.74) is 0.161. The van der Waals surface area contributed by atoms with E-state index in [1.54, 1.807) is 37.4 Å². The van der Waals surface area contributed by atoms with Crippen LogP contribution in [0.25, 0.3) is 11.1 Å². The largest absolute Gasteiger partial charge is 0.379 e. The molecule has 0 radical (unpaired) electrons. The number of hydrogen-bond donors (Lipinski definition) is 2. The fraction of sp³-hybridized carbons (Fsp3) is 0.188. The van der Waals surface area contributed by atoms with Crippen molar-refractivity contribution in [1.82, 2.24) is 5.32 Å². The molecule has 0 saturated heterocycles. The fourth-order valence-electron chi connectivity index (χ4n) is 2.82. The van der Waals surface area contributed by atoms with Crippen LogP contribution in [0.1, 0.15) is 16.7 Å². The number of alkyl halides is 2. The zero-order valence-corrected chi connectivity index (χ0v) is 12.0. The van der Waals surface area contributed by atoms with Gasteiger partial charge in [0.1, 0.15) is 4.99 Å². The van der Waals surface area contributed by atoms with E-state index in [4.69, 9.17) is 12.2 Å². The summed E-state index contributed by atoms with van der Waals surface area (Å²) in [7, 11) is 1.71. The predicted molar refractivity (Wildman–Crippen MR) is 81.6 cm³/mol. The van der Waals surface area contributed by atoms with E-state index >= 15 is 0 Å². The van der Waals surface area contributed by atoms with Gasteiger partial charge in [-0.25, -0.2) is 8.78 Å². The van der Waals surface area contributed by atoms with Gasteiger partial charge in [-0.2, -0.15) is 0 Å². The molecule has 0 spiro atoms. The zero-order valence-electron chi connectivity index (χ0n) is 11.2. The van der Waals surface area contributed by atoms with Gasteiger partial charge in [0.05, 0.1) is 0 Å². The lowest BCUT2D eigenvalue weighted by atomic mass is 9.91. The monoisotopic (exact) mass is 305 g/mol. The summed E-state index contributed by atoms with van der Waals surface area (Å²) in [6, 6.07) is 11.6. The first-order valence-corrected chi connectivity index (χ1v) is 6.88. The molecule has 0 amide bonds. The molecule has 2 nitrogen and oxygen atoms in total. The molecule has 0 heterocycles. The van der Waals surface area contributed by atoms with E-state index in [0.717, 1.165) is 5.56 Å². The summed E-state index contributed by atoms with van der Waals surface area (Å²) in [4.78, 5) is 0.530. The second-order valence-corrected chi connectivity index (χ2v) is 5.36. The Balaban J connectivity index is 2.29. The molecule has 5 heteroatoms. The van der Waals surface area contributed by atoms with Crippen LogP contribution in [-0.4, -0.2) is 23.6 Å². The highest BCUT2D eigenvalue weighted by atomic mass is 32.1. The lowest BCUT2D eigenvalue weighted by Crippen LogP contribution is -2.33. The molecule has 2 aromatic rings. The third-order valence-corrected chi connectivity index (χ3v) is 4.30. The Morgan fingerprint density at radius 1 is 1.14 bits per heavy atom. The van der Waals surface area contributed by atoms with Gasteiger partial charge in [-0.15, -0.1) is 0 Å². The topological polar surface area (TPSA) is 32.3 Å². The molecule has 0 bridgehead atoms. The van der Waals surface area contributed by atoms with Gasteiger partial charge in [0.2, 0.25) is 0 Å². The molecular formula is C16H13F2NOS. The minimum Gasteiger partial charge on any atom is -0.379 e. The average Bonchev–Trinajstić information content (AvgIpc) is 2.77. The zero-order chi connectivity index (χ0) is 15.2. The number of aliphatic hydroxyl groups is 1. The maximum atomic E-state index is 13.5. The third kappa shape index (κ3) is 1.88. The van der Waals surface area contributed by atoms with Gasteiger partial charge in [-0.3, -0.25) is 0 Å². The van der Waals surface area contributed by atoms with E-state index in [9.17, 15) is 13.9 Å². The summed E-state index contributed by atoms with van der Waals surface area (Å²) >= 11 is 5.18. The molecule has 0 saturated carbocycles. The third-order valence-electron chi connectivity index (χ3n) is 3.86. The Hall–Kier alpha value is -1.85.